The Kier molecular flexibility index (Phi) is 3.46. The number of hydrogen-bond acceptors (Lipinski definition) is 5. The Labute approximate surface area is 112 Å². The first-order valence-corrected chi connectivity index (χ1v) is 6.77. The van der Waals surface area contributed by atoms with Crippen LogP contribution in [-0.4, -0.2) is 20.2 Å². The molecule has 0 radical (unpaired) electrons. The van der Waals surface area contributed by atoms with Crippen molar-refractivity contribution in [2.24, 2.45) is 10.7 Å². The van der Waals surface area contributed by atoms with Gasteiger partial charge in [0.2, 0.25) is 15.0 Å². The number of nitrogens with two attached hydrogens (primary N) is 1. The van der Waals surface area contributed by atoms with Gasteiger partial charge < -0.3 is 10.5 Å². The van der Waals surface area contributed by atoms with E-state index in [4.69, 9.17) is 10.5 Å². The summed E-state index contributed by atoms with van der Waals surface area (Å²) < 4.78 is 65.6. The summed E-state index contributed by atoms with van der Waals surface area (Å²) in [4.78, 5) is 3.22. The molecular formula is C11H9F3N2O3S. The van der Waals surface area contributed by atoms with Crippen molar-refractivity contribution in [2.45, 2.75) is 6.18 Å². The number of alkyl halides is 3. The highest BCUT2D eigenvalue weighted by atomic mass is 32.2. The van der Waals surface area contributed by atoms with Crippen LogP contribution < -0.4 is 10.5 Å². The second-order valence-electron chi connectivity index (χ2n) is 3.88. The SMILES string of the molecule is NC1=NC=C(COc2cccc(C(F)(F)F)c2)S1(=O)=O. The van der Waals surface area contributed by atoms with Crippen LogP contribution in [0.5, 0.6) is 5.75 Å². The number of benzene rings is 1. The van der Waals surface area contributed by atoms with Crippen molar-refractivity contribution in [1.82, 2.24) is 0 Å². The van der Waals surface area contributed by atoms with Crippen LogP contribution in [0.1, 0.15) is 5.56 Å². The molecule has 0 saturated heterocycles. The van der Waals surface area contributed by atoms with Crippen LogP contribution in [0.2, 0.25) is 0 Å². The van der Waals surface area contributed by atoms with Gasteiger partial charge in [0, 0.05) is 6.20 Å². The molecule has 0 aromatic heterocycles. The van der Waals surface area contributed by atoms with Gasteiger partial charge in [0.15, 0.2) is 0 Å². The molecule has 1 aliphatic rings. The van der Waals surface area contributed by atoms with Crippen LogP contribution in [0.25, 0.3) is 0 Å². The highest BCUT2D eigenvalue weighted by Gasteiger charge is 2.31. The summed E-state index contributed by atoms with van der Waals surface area (Å²) in [6, 6.07) is 4.13. The van der Waals surface area contributed by atoms with Gasteiger partial charge in [-0.05, 0) is 18.2 Å². The number of hydrogen-bond donors (Lipinski definition) is 1. The average molecular weight is 306 g/mol. The van der Waals surface area contributed by atoms with Crippen molar-refractivity contribution >= 4 is 15.0 Å². The Morgan fingerprint density at radius 1 is 1.30 bits per heavy atom. The maximum absolute atomic E-state index is 12.5. The van der Waals surface area contributed by atoms with Crippen molar-refractivity contribution in [1.29, 1.82) is 0 Å². The number of aliphatic imine (C=N–C) groups is 1. The normalized spacial score (nSPS) is 17.6. The van der Waals surface area contributed by atoms with E-state index in [-0.39, 0.29) is 10.7 Å². The molecule has 20 heavy (non-hydrogen) atoms. The van der Waals surface area contributed by atoms with Crippen molar-refractivity contribution < 1.29 is 26.3 Å². The number of ether oxygens (including phenoxy) is 1. The van der Waals surface area contributed by atoms with Gasteiger partial charge >= 0.3 is 6.18 Å². The molecule has 0 saturated carbocycles. The minimum Gasteiger partial charge on any atom is -0.488 e. The highest BCUT2D eigenvalue weighted by Crippen LogP contribution is 2.31. The zero-order valence-corrected chi connectivity index (χ0v) is 10.7. The summed E-state index contributed by atoms with van der Waals surface area (Å²) in [7, 11) is -3.83. The molecule has 5 nitrogen and oxygen atoms in total. The second-order valence-corrected chi connectivity index (χ2v) is 5.83. The Balaban J connectivity index is 2.10. The lowest BCUT2D eigenvalue weighted by atomic mass is 10.2. The van der Waals surface area contributed by atoms with Crippen molar-refractivity contribution in [3.63, 3.8) is 0 Å². The smallest absolute Gasteiger partial charge is 0.416 e. The first kappa shape index (κ1) is 14.4. The predicted molar refractivity (Wildman–Crippen MR) is 65.6 cm³/mol. The van der Waals surface area contributed by atoms with Crippen LogP contribution in [0.15, 0.2) is 40.4 Å². The van der Waals surface area contributed by atoms with Crippen molar-refractivity contribution in [3.05, 3.63) is 40.9 Å². The summed E-state index contributed by atoms with van der Waals surface area (Å²) >= 11 is 0. The van der Waals surface area contributed by atoms with Gasteiger partial charge in [-0.3, -0.25) is 0 Å². The molecule has 0 aliphatic carbocycles. The van der Waals surface area contributed by atoms with Gasteiger partial charge in [0.05, 0.1) is 5.56 Å². The monoisotopic (exact) mass is 306 g/mol. The molecule has 1 aliphatic heterocycles. The number of halogens is 3. The standard InChI is InChI=1S/C11H9F3N2O3S/c12-11(13,14)7-2-1-3-8(4-7)19-6-9-5-16-10(15)20(9,17)18/h1-5H,6H2,(H2,15,16). The number of rotatable bonds is 3. The van der Waals surface area contributed by atoms with Crippen molar-refractivity contribution in [3.8, 4) is 5.75 Å². The van der Waals surface area contributed by atoms with Crippen LogP contribution in [0, 0.1) is 0 Å². The van der Waals surface area contributed by atoms with Gasteiger partial charge in [0.1, 0.15) is 17.3 Å². The maximum Gasteiger partial charge on any atom is 0.416 e. The van der Waals surface area contributed by atoms with E-state index in [1.807, 2.05) is 0 Å². The molecule has 0 atom stereocenters. The van der Waals surface area contributed by atoms with E-state index < -0.39 is 33.4 Å². The fourth-order valence-electron chi connectivity index (χ4n) is 1.44. The van der Waals surface area contributed by atoms with E-state index >= 15 is 0 Å². The molecule has 1 aromatic carbocycles. The lowest BCUT2D eigenvalue weighted by Crippen LogP contribution is -2.23. The third kappa shape index (κ3) is 2.77. The molecule has 1 heterocycles. The molecule has 2 N–H and O–H groups in total. The molecule has 0 bridgehead atoms. The Morgan fingerprint density at radius 3 is 2.55 bits per heavy atom. The average Bonchev–Trinajstić information content (AvgIpc) is 2.61. The molecule has 0 fully saturated rings. The minimum atomic E-state index is -4.49. The molecular weight excluding hydrogens is 297 g/mol. The summed E-state index contributed by atoms with van der Waals surface area (Å²) in [5.41, 5.74) is 4.28. The van der Waals surface area contributed by atoms with Gasteiger partial charge in [0.25, 0.3) is 0 Å². The lowest BCUT2D eigenvalue weighted by molar-refractivity contribution is -0.137. The first-order valence-electron chi connectivity index (χ1n) is 5.29. The molecule has 0 amide bonds. The van der Waals surface area contributed by atoms with E-state index in [0.29, 0.717) is 0 Å². The zero-order chi connectivity index (χ0) is 15.0. The van der Waals surface area contributed by atoms with E-state index in [1.165, 1.54) is 12.1 Å². The van der Waals surface area contributed by atoms with E-state index in [9.17, 15) is 21.6 Å². The van der Waals surface area contributed by atoms with Gasteiger partial charge in [-0.2, -0.15) is 13.2 Å². The van der Waals surface area contributed by atoms with Crippen LogP contribution >= 0.6 is 0 Å². The summed E-state index contributed by atoms with van der Waals surface area (Å²) in [6.07, 6.45) is -3.48. The second kappa shape index (κ2) is 4.82. The largest absolute Gasteiger partial charge is 0.488 e. The van der Waals surface area contributed by atoms with E-state index in [0.717, 1.165) is 18.3 Å². The first-order chi connectivity index (χ1) is 9.21. The number of amidine groups is 1. The summed E-state index contributed by atoms with van der Waals surface area (Å²) in [5.74, 6) is -0.0959. The summed E-state index contributed by atoms with van der Waals surface area (Å²) in [5, 5.41) is -0.555. The molecule has 1 aromatic rings. The molecule has 108 valence electrons. The fraction of sp³-hybridized carbons (Fsp3) is 0.182. The molecule has 9 heteroatoms. The van der Waals surface area contributed by atoms with Crippen LogP contribution in [0.3, 0.4) is 0 Å². The third-order valence-electron chi connectivity index (χ3n) is 2.50. The number of nitrogens with zero attached hydrogens (tertiary/aromatic N) is 1. The highest BCUT2D eigenvalue weighted by molar-refractivity contribution is 8.09. The van der Waals surface area contributed by atoms with E-state index in [1.54, 1.807) is 0 Å². The zero-order valence-electron chi connectivity index (χ0n) is 9.89. The fourth-order valence-corrected chi connectivity index (χ4v) is 2.31. The topological polar surface area (TPSA) is 81.8 Å². The van der Waals surface area contributed by atoms with Crippen LogP contribution in [0.4, 0.5) is 13.2 Å². The quantitative estimate of drug-likeness (QED) is 0.921. The predicted octanol–water partition coefficient (Wildman–Crippen LogP) is 1.67. The minimum absolute atomic E-state index is 0.0959. The van der Waals surface area contributed by atoms with Crippen molar-refractivity contribution in [2.75, 3.05) is 6.61 Å². The third-order valence-corrected chi connectivity index (χ3v) is 4.07. The van der Waals surface area contributed by atoms with Gasteiger partial charge in [-0.25, -0.2) is 13.4 Å². The number of sulfone groups is 1. The Bertz CT molecular complexity index is 693. The summed E-state index contributed by atoms with van der Waals surface area (Å²) in [6.45, 7) is -0.437. The lowest BCUT2D eigenvalue weighted by Gasteiger charge is -2.10. The Morgan fingerprint density at radius 2 is 2.00 bits per heavy atom. The van der Waals surface area contributed by atoms with Gasteiger partial charge in [-0.1, -0.05) is 6.07 Å². The van der Waals surface area contributed by atoms with Crippen LogP contribution in [-0.2, 0) is 16.0 Å². The molecule has 0 spiro atoms. The molecule has 2 rings (SSSR count). The Hall–Kier alpha value is -2.03. The maximum atomic E-state index is 12.5. The van der Waals surface area contributed by atoms with E-state index in [2.05, 4.69) is 4.99 Å². The molecule has 0 unspecified atom stereocenters. The van der Waals surface area contributed by atoms with Gasteiger partial charge in [-0.15, -0.1) is 0 Å².